The maximum Gasteiger partial charge on any atom is 0.0465 e. The first-order valence-corrected chi connectivity index (χ1v) is 5.94. The Balaban J connectivity index is 2.01. The molecule has 1 unspecified atom stereocenters. The van der Waals surface area contributed by atoms with Crippen molar-refractivity contribution in [3.05, 3.63) is 34.3 Å². The molecule has 1 fully saturated rings. The van der Waals surface area contributed by atoms with Crippen molar-refractivity contribution in [2.75, 3.05) is 6.61 Å². The van der Waals surface area contributed by atoms with Crippen LogP contribution < -0.4 is 0 Å². The highest BCUT2D eigenvalue weighted by Crippen LogP contribution is 2.38. The topological polar surface area (TPSA) is 20.2 Å². The quantitative estimate of drug-likeness (QED) is 0.876. The van der Waals surface area contributed by atoms with E-state index < -0.39 is 0 Å². The summed E-state index contributed by atoms with van der Waals surface area (Å²) in [6.45, 7) is 0.331. The molecule has 1 aromatic rings. The lowest BCUT2D eigenvalue weighted by Gasteiger charge is -2.12. The van der Waals surface area contributed by atoms with Gasteiger partial charge >= 0.3 is 0 Å². The van der Waals surface area contributed by atoms with Crippen molar-refractivity contribution in [2.45, 2.75) is 19.3 Å². The molecular weight excluding hydrogens is 240 g/mol. The molecule has 0 spiro atoms. The molecule has 76 valence electrons. The summed E-state index contributed by atoms with van der Waals surface area (Å²) in [7, 11) is 0. The van der Waals surface area contributed by atoms with Crippen LogP contribution in [0.2, 0.25) is 0 Å². The number of aliphatic hydroxyl groups is 1. The van der Waals surface area contributed by atoms with E-state index in [0.29, 0.717) is 12.5 Å². The van der Waals surface area contributed by atoms with Gasteiger partial charge in [0.1, 0.15) is 0 Å². The minimum atomic E-state index is 0.331. The van der Waals surface area contributed by atoms with E-state index in [4.69, 9.17) is 0 Å². The minimum Gasteiger partial charge on any atom is -0.396 e. The van der Waals surface area contributed by atoms with E-state index in [1.165, 1.54) is 18.4 Å². The molecule has 1 saturated carbocycles. The highest BCUT2D eigenvalue weighted by molar-refractivity contribution is 9.10. The van der Waals surface area contributed by atoms with Crippen LogP contribution in [0.5, 0.6) is 0 Å². The summed E-state index contributed by atoms with van der Waals surface area (Å²) < 4.78 is 1.13. The van der Waals surface area contributed by atoms with E-state index in [2.05, 4.69) is 34.1 Å². The van der Waals surface area contributed by atoms with Gasteiger partial charge in [0.25, 0.3) is 0 Å². The molecule has 0 radical (unpaired) electrons. The van der Waals surface area contributed by atoms with E-state index in [9.17, 15) is 5.11 Å². The Bertz CT molecular complexity index is 307. The van der Waals surface area contributed by atoms with Crippen LogP contribution in [-0.2, 0) is 6.42 Å². The summed E-state index contributed by atoms with van der Waals surface area (Å²) >= 11 is 3.46. The second-order valence-electron chi connectivity index (χ2n) is 4.11. The van der Waals surface area contributed by atoms with Crippen LogP contribution in [0.4, 0.5) is 0 Å². The summed E-state index contributed by atoms with van der Waals surface area (Å²) in [6, 6.07) is 8.37. The largest absolute Gasteiger partial charge is 0.396 e. The van der Waals surface area contributed by atoms with E-state index >= 15 is 0 Å². The number of halogens is 1. The average Bonchev–Trinajstić information content (AvgIpc) is 2.97. The standard InChI is InChI=1S/C12H15BrO/c13-12-3-1-2-9(7-12)6-11(8-14)10-4-5-10/h1-3,7,10-11,14H,4-6,8H2. The molecule has 1 atom stereocenters. The Morgan fingerprint density at radius 2 is 2.21 bits per heavy atom. The molecule has 0 amide bonds. The fourth-order valence-electron chi connectivity index (χ4n) is 1.91. The SMILES string of the molecule is OCC(Cc1cccc(Br)c1)C1CC1. The fourth-order valence-corrected chi connectivity index (χ4v) is 2.36. The Morgan fingerprint density at radius 3 is 2.79 bits per heavy atom. The van der Waals surface area contributed by atoms with E-state index in [1.54, 1.807) is 0 Å². The summed E-state index contributed by atoms with van der Waals surface area (Å²) in [6.07, 6.45) is 3.62. The van der Waals surface area contributed by atoms with Crippen LogP contribution in [-0.4, -0.2) is 11.7 Å². The van der Waals surface area contributed by atoms with Crippen LogP contribution in [0.15, 0.2) is 28.7 Å². The molecule has 1 nitrogen and oxygen atoms in total. The predicted octanol–water partition coefficient (Wildman–Crippen LogP) is 3.01. The second kappa shape index (κ2) is 4.45. The number of benzene rings is 1. The van der Waals surface area contributed by atoms with Crippen LogP contribution in [0.3, 0.4) is 0 Å². The van der Waals surface area contributed by atoms with Gasteiger partial charge in [-0.15, -0.1) is 0 Å². The molecule has 0 bridgehead atoms. The molecule has 2 heteroatoms. The smallest absolute Gasteiger partial charge is 0.0465 e. The van der Waals surface area contributed by atoms with Gasteiger partial charge in [-0.05, 0) is 48.8 Å². The van der Waals surface area contributed by atoms with Gasteiger partial charge in [-0.1, -0.05) is 28.1 Å². The van der Waals surface area contributed by atoms with Crippen LogP contribution in [0.25, 0.3) is 0 Å². The summed E-state index contributed by atoms with van der Waals surface area (Å²) in [5, 5.41) is 9.26. The first-order valence-electron chi connectivity index (χ1n) is 5.15. The van der Waals surface area contributed by atoms with Crippen LogP contribution in [0.1, 0.15) is 18.4 Å². The zero-order chi connectivity index (χ0) is 9.97. The third-order valence-electron chi connectivity index (χ3n) is 2.91. The molecule has 1 aliphatic carbocycles. The van der Waals surface area contributed by atoms with Gasteiger partial charge in [0.05, 0.1) is 0 Å². The predicted molar refractivity (Wildman–Crippen MR) is 61.1 cm³/mol. The number of hydrogen-bond donors (Lipinski definition) is 1. The van der Waals surface area contributed by atoms with Crippen molar-refractivity contribution in [3.63, 3.8) is 0 Å². The third-order valence-corrected chi connectivity index (χ3v) is 3.40. The molecular formula is C12H15BrO. The van der Waals surface area contributed by atoms with E-state index in [1.807, 2.05) is 6.07 Å². The lowest BCUT2D eigenvalue weighted by Crippen LogP contribution is -2.11. The maximum atomic E-state index is 9.26. The van der Waals surface area contributed by atoms with Gasteiger partial charge in [-0.3, -0.25) is 0 Å². The number of rotatable bonds is 4. The molecule has 1 N–H and O–H groups in total. The normalized spacial score (nSPS) is 18.1. The van der Waals surface area contributed by atoms with Crippen molar-refractivity contribution >= 4 is 15.9 Å². The summed E-state index contributed by atoms with van der Waals surface area (Å²) in [5.74, 6) is 1.25. The van der Waals surface area contributed by atoms with Crippen molar-refractivity contribution in [2.24, 2.45) is 11.8 Å². The Hall–Kier alpha value is -0.340. The minimum absolute atomic E-state index is 0.331. The van der Waals surface area contributed by atoms with E-state index in [0.717, 1.165) is 16.8 Å². The monoisotopic (exact) mass is 254 g/mol. The Morgan fingerprint density at radius 1 is 1.43 bits per heavy atom. The number of hydrogen-bond acceptors (Lipinski definition) is 1. The average molecular weight is 255 g/mol. The molecule has 1 aromatic carbocycles. The molecule has 1 aliphatic rings. The molecule has 2 rings (SSSR count). The first kappa shape index (κ1) is 10.2. The first-order chi connectivity index (χ1) is 6.79. The van der Waals surface area contributed by atoms with Crippen molar-refractivity contribution < 1.29 is 5.11 Å². The molecule has 0 heterocycles. The van der Waals surface area contributed by atoms with Gasteiger partial charge in [-0.2, -0.15) is 0 Å². The third kappa shape index (κ3) is 2.58. The van der Waals surface area contributed by atoms with Crippen molar-refractivity contribution in [1.82, 2.24) is 0 Å². The zero-order valence-electron chi connectivity index (χ0n) is 8.12. The second-order valence-corrected chi connectivity index (χ2v) is 5.03. The molecule has 0 aliphatic heterocycles. The Labute approximate surface area is 93.3 Å². The molecule has 14 heavy (non-hydrogen) atoms. The highest BCUT2D eigenvalue weighted by atomic mass is 79.9. The van der Waals surface area contributed by atoms with Crippen molar-refractivity contribution in [1.29, 1.82) is 0 Å². The van der Waals surface area contributed by atoms with Gasteiger partial charge in [0.15, 0.2) is 0 Å². The molecule has 0 aromatic heterocycles. The van der Waals surface area contributed by atoms with Crippen LogP contribution >= 0.6 is 15.9 Å². The fraction of sp³-hybridized carbons (Fsp3) is 0.500. The highest BCUT2D eigenvalue weighted by Gasteiger charge is 2.30. The Kier molecular flexibility index (Phi) is 3.24. The van der Waals surface area contributed by atoms with Gasteiger partial charge in [0, 0.05) is 11.1 Å². The van der Waals surface area contributed by atoms with Gasteiger partial charge < -0.3 is 5.11 Å². The van der Waals surface area contributed by atoms with Gasteiger partial charge in [0.2, 0.25) is 0 Å². The van der Waals surface area contributed by atoms with E-state index in [-0.39, 0.29) is 0 Å². The summed E-state index contributed by atoms with van der Waals surface area (Å²) in [5.41, 5.74) is 1.32. The zero-order valence-corrected chi connectivity index (χ0v) is 9.70. The summed E-state index contributed by atoms with van der Waals surface area (Å²) in [4.78, 5) is 0. The number of aliphatic hydroxyl groups excluding tert-OH is 1. The van der Waals surface area contributed by atoms with Crippen molar-refractivity contribution in [3.8, 4) is 0 Å². The lowest BCUT2D eigenvalue weighted by atomic mass is 9.96. The van der Waals surface area contributed by atoms with Gasteiger partial charge in [-0.25, -0.2) is 0 Å². The van der Waals surface area contributed by atoms with Crippen LogP contribution in [0, 0.1) is 11.8 Å². The maximum absolute atomic E-state index is 9.26. The molecule has 0 saturated heterocycles. The lowest BCUT2D eigenvalue weighted by molar-refractivity contribution is 0.209.